The minimum Gasteiger partial charge on any atom is -0.326 e. The Morgan fingerprint density at radius 1 is 0.952 bits per heavy atom. The second-order valence-electron chi connectivity index (χ2n) is 4.49. The van der Waals surface area contributed by atoms with Gasteiger partial charge in [-0.1, -0.05) is 11.6 Å². The van der Waals surface area contributed by atoms with Crippen LogP contribution in [-0.4, -0.2) is 11.7 Å². The summed E-state index contributed by atoms with van der Waals surface area (Å²) in [7, 11) is 0. The Balaban J connectivity index is 1.84. The SMILES string of the molecule is O=C(CCC(=O)c1ccc(Cl)cc1)Nc1ccc(F)cc1. The standard InChI is InChI=1S/C16H13ClFNO2/c17-12-3-1-11(2-4-12)15(20)9-10-16(21)19-14-7-5-13(18)6-8-14/h1-8H,9-10H2,(H,19,21). The lowest BCUT2D eigenvalue weighted by Gasteiger charge is -2.05. The zero-order valence-electron chi connectivity index (χ0n) is 11.1. The Hall–Kier alpha value is -2.20. The van der Waals surface area contributed by atoms with Gasteiger partial charge in [-0.25, -0.2) is 4.39 Å². The highest BCUT2D eigenvalue weighted by molar-refractivity contribution is 6.30. The van der Waals surface area contributed by atoms with E-state index in [4.69, 9.17) is 11.6 Å². The lowest BCUT2D eigenvalue weighted by atomic mass is 10.1. The maximum absolute atomic E-state index is 12.7. The number of halogens is 2. The molecule has 3 nitrogen and oxygen atoms in total. The molecule has 0 radical (unpaired) electrons. The molecule has 21 heavy (non-hydrogen) atoms. The Morgan fingerprint density at radius 2 is 1.57 bits per heavy atom. The molecule has 0 spiro atoms. The van der Waals surface area contributed by atoms with Gasteiger partial charge < -0.3 is 5.32 Å². The number of amides is 1. The number of Topliss-reactive ketones (excluding diaryl/α,β-unsaturated/α-hetero) is 1. The monoisotopic (exact) mass is 305 g/mol. The van der Waals surface area contributed by atoms with Gasteiger partial charge in [0.05, 0.1) is 0 Å². The number of rotatable bonds is 5. The number of benzene rings is 2. The van der Waals surface area contributed by atoms with Crippen molar-refractivity contribution >= 4 is 29.0 Å². The molecule has 108 valence electrons. The normalized spacial score (nSPS) is 10.2. The van der Waals surface area contributed by atoms with E-state index in [0.29, 0.717) is 16.3 Å². The average molecular weight is 306 g/mol. The van der Waals surface area contributed by atoms with Crippen LogP contribution in [0.2, 0.25) is 5.02 Å². The van der Waals surface area contributed by atoms with E-state index in [1.54, 1.807) is 24.3 Å². The van der Waals surface area contributed by atoms with Gasteiger partial charge in [0.1, 0.15) is 5.82 Å². The van der Waals surface area contributed by atoms with Crippen molar-refractivity contribution in [2.45, 2.75) is 12.8 Å². The molecule has 1 amide bonds. The first-order chi connectivity index (χ1) is 10.0. The highest BCUT2D eigenvalue weighted by atomic mass is 35.5. The zero-order valence-corrected chi connectivity index (χ0v) is 11.9. The van der Waals surface area contributed by atoms with Gasteiger partial charge in [0.2, 0.25) is 5.91 Å². The van der Waals surface area contributed by atoms with Crippen molar-refractivity contribution in [1.82, 2.24) is 0 Å². The van der Waals surface area contributed by atoms with Crippen molar-refractivity contribution in [1.29, 1.82) is 0 Å². The van der Waals surface area contributed by atoms with Crippen LogP contribution in [0.4, 0.5) is 10.1 Å². The molecule has 0 bridgehead atoms. The molecule has 0 heterocycles. The van der Waals surface area contributed by atoms with Crippen molar-refractivity contribution in [2.24, 2.45) is 0 Å². The molecule has 0 aliphatic rings. The summed E-state index contributed by atoms with van der Waals surface area (Å²) in [4.78, 5) is 23.6. The molecular formula is C16H13ClFNO2. The second kappa shape index (κ2) is 6.99. The molecule has 1 N–H and O–H groups in total. The second-order valence-corrected chi connectivity index (χ2v) is 4.92. The van der Waals surface area contributed by atoms with E-state index in [1.165, 1.54) is 24.3 Å². The van der Waals surface area contributed by atoms with Crippen molar-refractivity contribution in [2.75, 3.05) is 5.32 Å². The van der Waals surface area contributed by atoms with Gasteiger partial charge in [-0.05, 0) is 48.5 Å². The summed E-state index contributed by atoms with van der Waals surface area (Å²) in [6.45, 7) is 0. The summed E-state index contributed by atoms with van der Waals surface area (Å²) >= 11 is 5.74. The molecule has 0 fully saturated rings. The molecule has 2 aromatic carbocycles. The third-order valence-electron chi connectivity index (χ3n) is 2.87. The summed E-state index contributed by atoms with van der Waals surface area (Å²) in [5, 5.41) is 3.16. The highest BCUT2D eigenvalue weighted by Crippen LogP contribution is 2.13. The molecule has 5 heteroatoms. The van der Waals surface area contributed by atoms with E-state index in [2.05, 4.69) is 5.32 Å². The lowest BCUT2D eigenvalue weighted by molar-refractivity contribution is -0.116. The fraction of sp³-hybridized carbons (Fsp3) is 0.125. The number of carbonyl (C=O) groups excluding carboxylic acids is 2. The summed E-state index contributed by atoms with van der Waals surface area (Å²) < 4.78 is 12.7. The van der Waals surface area contributed by atoms with Crippen LogP contribution in [0, 0.1) is 5.82 Å². The molecule has 2 aromatic rings. The van der Waals surface area contributed by atoms with Crippen molar-refractivity contribution in [3.63, 3.8) is 0 Å². The van der Waals surface area contributed by atoms with Crippen LogP contribution in [0.3, 0.4) is 0 Å². The van der Waals surface area contributed by atoms with Gasteiger partial charge in [0, 0.05) is 29.1 Å². The van der Waals surface area contributed by atoms with Crippen LogP contribution in [-0.2, 0) is 4.79 Å². The van der Waals surface area contributed by atoms with E-state index >= 15 is 0 Å². The number of anilines is 1. The lowest BCUT2D eigenvalue weighted by Crippen LogP contribution is -2.13. The summed E-state index contributed by atoms with van der Waals surface area (Å²) in [5.74, 6) is -0.782. The summed E-state index contributed by atoms with van der Waals surface area (Å²) in [6.07, 6.45) is 0.174. The van der Waals surface area contributed by atoms with Crippen LogP contribution in [0.25, 0.3) is 0 Å². The van der Waals surface area contributed by atoms with E-state index in [0.717, 1.165) is 0 Å². The largest absolute Gasteiger partial charge is 0.326 e. The van der Waals surface area contributed by atoms with Gasteiger partial charge in [0.25, 0.3) is 0 Å². The van der Waals surface area contributed by atoms with Crippen LogP contribution < -0.4 is 5.32 Å². The fourth-order valence-electron chi connectivity index (χ4n) is 1.76. The first kappa shape index (κ1) is 15.2. The Kier molecular flexibility index (Phi) is 5.06. The predicted octanol–water partition coefficient (Wildman–Crippen LogP) is 4.08. The van der Waals surface area contributed by atoms with E-state index < -0.39 is 0 Å². The van der Waals surface area contributed by atoms with Crippen molar-refractivity contribution in [3.8, 4) is 0 Å². The average Bonchev–Trinajstić information content (AvgIpc) is 2.48. The van der Waals surface area contributed by atoms with Gasteiger partial charge in [0.15, 0.2) is 5.78 Å². The van der Waals surface area contributed by atoms with Crippen LogP contribution in [0.1, 0.15) is 23.2 Å². The number of carbonyl (C=O) groups is 2. The molecule has 2 rings (SSSR count). The minimum atomic E-state index is -0.370. The van der Waals surface area contributed by atoms with Crippen LogP contribution >= 0.6 is 11.6 Å². The van der Waals surface area contributed by atoms with Gasteiger partial charge in [-0.3, -0.25) is 9.59 Å². The molecule has 0 aliphatic heterocycles. The number of hydrogen-bond donors (Lipinski definition) is 1. The Bertz CT molecular complexity index is 638. The number of nitrogens with one attached hydrogen (secondary N) is 1. The zero-order chi connectivity index (χ0) is 15.2. The minimum absolute atomic E-state index is 0.0683. The molecular weight excluding hydrogens is 293 g/mol. The van der Waals surface area contributed by atoms with Crippen molar-refractivity contribution < 1.29 is 14.0 Å². The molecule has 0 saturated carbocycles. The van der Waals surface area contributed by atoms with E-state index in [9.17, 15) is 14.0 Å². The Morgan fingerprint density at radius 3 is 2.19 bits per heavy atom. The van der Waals surface area contributed by atoms with Crippen LogP contribution in [0.5, 0.6) is 0 Å². The van der Waals surface area contributed by atoms with Gasteiger partial charge in [-0.15, -0.1) is 0 Å². The molecule has 0 atom stereocenters. The van der Waals surface area contributed by atoms with E-state index in [-0.39, 0.29) is 30.3 Å². The molecule has 0 aliphatic carbocycles. The molecule has 0 aromatic heterocycles. The summed E-state index contributed by atoms with van der Waals surface area (Å²) in [6, 6.07) is 12.0. The van der Waals surface area contributed by atoms with Gasteiger partial charge in [-0.2, -0.15) is 0 Å². The van der Waals surface area contributed by atoms with Gasteiger partial charge >= 0.3 is 0 Å². The maximum atomic E-state index is 12.7. The molecule has 0 unspecified atom stereocenters. The first-order valence-corrected chi connectivity index (χ1v) is 6.76. The first-order valence-electron chi connectivity index (χ1n) is 6.39. The molecule has 0 saturated heterocycles. The number of hydrogen-bond acceptors (Lipinski definition) is 2. The third-order valence-corrected chi connectivity index (χ3v) is 3.13. The quantitative estimate of drug-likeness (QED) is 0.846. The predicted molar refractivity (Wildman–Crippen MR) is 80.0 cm³/mol. The van der Waals surface area contributed by atoms with Crippen LogP contribution in [0.15, 0.2) is 48.5 Å². The topological polar surface area (TPSA) is 46.2 Å². The van der Waals surface area contributed by atoms with Crippen molar-refractivity contribution in [3.05, 3.63) is 64.9 Å². The van der Waals surface area contributed by atoms with E-state index in [1.807, 2.05) is 0 Å². The number of ketones is 1. The third kappa shape index (κ3) is 4.68. The Labute approximate surface area is 126 Å². The fourth-order valence-corrected chi connectivity index (χ4v) is 1.89. The highest BCUT2D eigenvalue weighted by Gasteiger charge is 2.09. The summed E-state index contributed by atoms with van der Waals surface area (Å²) in [5.41, 5.74) is 1.02. The smallest absolute Gasteiger partial charge is 0.224 e. The maximum Gasteiger partial charge on any atom is 0.224 e.